The molecular weight excluding hydrogens is 524 g/mol. The Morgan fingerprint density at radius 1 is 1.24 bits per heavy atom. The molecular formula is C27H24N4O5S2. The van der Waals surface area contributed by atoms with Crippen molar-refractivity contribution in [3.8, 4) is 5.75 Å². The first-order valence-corrected chi connectivity index (χ1v) is 13.4. The number of carbonyl (C=O) groups is 1. The zero-order chi connectivity index (χ0) is 26.8. The van der Waals surface area contributed by atoms with E-state index in [2.05, 4.69) is 15.0 Å². The number of benzene rings is 1. The summed E-state index contributed by atoms with van der Waals surface area (Å²) in [5.41, 5.74) is 2.10. The van der Waals surface area contributed by atoms with E-state index < -0.39 is 12.0 Å². The van der Waals surface area contributed by atoms with Gasteiger partial charge in [-0.05, 0) is 68.4 Å². The summed E-state index contributed by atoms with van der Waals surface area (Å²) in [7, 11) is 1.57. The quantitative estimate of drug-likeness (QED) is 0.254. The van der Waals surface area contributed by atoms with Crippen LogP contribution in [0.2, 0.25) is 0 Å². The van der Waals surface area contributed by atoms with Gasteiger partial charge in [0.05, 0.1) is 35.6 Å². The molecule has 1 aliphatic rings. The SMILES string of the molecule is CCOC(=O)C1=C(C)N=c2s/c(=C/c3ccc(Sc4nccc(C)n4)o3)c(=O)n2[C@@H]1c1cccc(OC)c1. The fourth-order valence-electron chi connectivity index (χ4n) is 4.08. The molecule has 0 aliphatic carbocycles. The van der Waals surface area contributed by atoms with Gasteiger partial charge in [-0.15, -0.1) is 0 Å². The lowest BCUT2D eigenvalue weighted by molar-refractivity contribution is -0.139. The Morgan fingerprint density at radius 3 is 2.84 bits per heavy atom. The van der Waals surface area contributed by atoms with Gasteiger partial charge < -0.3 is 13.9 Å². The van der Waals surface area contributed by atoms with Gasteiger partial charge in [0.1, 0.15) is 11.5 Å². The van der Waals surface area contributed by atoms with Gasteiger partial charge in [0, 0.05) is 18.0 Å². The van der Waals surface area contributed by atoms with Crippen LogP contribution < -0.4 is 19.6 Å². The summed E-state index contributed by atoms with van der Waals surface area (Å²) in [6, 6.07) is 12.0. The van der Waals surface area contributed by atoms with Gasteiger partial charge in [0.15, 0.2) is 15.1 Å². The van der Waals surface area contributed by atoms with Crippen LogP contribution in [-0.4, -0.2) is 34.2 Å². The molecule has 0 saturated carbocycles. The number of carbonyl (C=O) groups excluding carboxylic acids is 1. The minimum absolute atomic E-state index is 0.206. The number of thiazole rings is 1. The summed E-state index contributed by atoms with van der Waals surface area (Å²) >= 11 is 2.53. The number of hydrogen-bond acceptors (Lipinski definition) is 10. The molecule has 1 aromatic carbocycles. The van der Waals surface area contributed by atoms with Crippen LogP contribution >= 0.6 is 23.1 Å². The molecule has 0 saturated heterocycles. The predicted molar refractivity (Wildman–Crippen MR) is 143 cm³/mol. The topological polar surface area (TPSA) is 109 Å². The number of esters is 1. The summed E-state index contributed by atoms with van der Waals surface area (Å²) in [5.74, 6) is 0.604. The Bertz CT molecular complexity index is 1730. The molecule has 0 spiro atoms. The number of methoxy groups -OCH3 is 1. The maximum atomic E-state index is 13.7. The van der Waals surface area contributed by atoms with Crippen LogP contribution in [0.5, 0.6) is 5.75 Å². The van der Waals surface area contributed by atoms with E-state index in [1.807, 2.05) is 37.3 Å². The van der Waals surface area contributed by atoms with Crippen LogP contribution in [0.3, 0.4) is 0 Å². The molecule has 194 valence electrons. The largest absolute Gasteiger partial charge is 0.497 e. The fraction of sp³-hybridized carbons (Fsp3) is 0.222. The van der Waals surface area contributed by atoms with E-state index in [0.717, 1.165) is 5.69 Å². The number of nitrogens with zero attached hydrogens (tertiary/aromatic N) is 4. The summed E-state index contributed by atoms with van der Waals surface area (Å²) < 4.78 is 18.6. The third kappa shape index (κ3) is 5.07. The lowest BCUT2D eigenvalue weighted by atomic mass is 9.95. The van der Waals surface area contributed by atoms with E-state index in [4.69, 9.17) is 13.9 Å². The lowest BCUT2D eigenvalue weighted by Gasteiger charge is -2.24. The van der Waals surface area contributed by atoms with Gasteiger partial charge in [-0.2, -0.15) is 0 Å². The Morgan fingerprint density at radius 2 is 2.08 bits per heavy atom. The molecule has 4 aromatic rings. The molecule has 0 N–H and O–H groups in total. The van der Waals surface area contributed by atoms with Gasteiger partial charge in [0.25, 0.3) is 5.56 Å². The zero-order valence-corrected chi connectivity index (χ0v) is 22.8. The first kappa shape index (κ1) is 25.7. The van der Waals surface area contributed by atoms with Gasteiger partial charge >= 0.3 is 5.97 Å². The van der Waals surface area contributed by atoms with E-state index >= 15 is 0 Å². The minimum Gasteiger partial charge on any atom is -0.497 e. The van der Waals surface area contributed by atoms with Crippen molar-refractivity contribution in [2.45, 2.75) is 37.1 Å². The number of furan rings is 1. The Balaban J connectivity index is 1.59. The summed E-state index contributed by atoms with van der Waals surface area (Å²) in [5, 5.41) is 1.18. The van der Waals surface area contributed by atoms with E-state index in [1.165, 1.54) is 27.7 Å². The fourth-order valence-corrected chi connectivity index (χ4v) is 5.86. The molecule has 0 bridgehead atoms. The van der Waals surface area contributed by atoms with Crippen LogP contribution in [0.25, 0.3) is 6.08 Å². The molecule has 38 heavy (non-hydrogen) atoms. The first-order valence-electron chi connectivity index (χ1n) is 11.8. The predicted octanol–water partition coefficient (Wildman–Crippen LogP) is 3.65. The van der Waals surface area contributed by atoms with Crippen molar-refractivity contribution in [3.05, 3.63) is 96.6 Å². The lowest BCUT2D eigenvalue weighted by Crippen LogP contribution is -2.39. The summed E-state index contributed by atoms with van der Waals surface area (Å²) in [6.45, 7) is 5.59. The van der Waals surface area contributed by atoms with Crippen LogP contribution in [0.4, 0.5) is 0 Å². The van der Waals surface area contributed by atoms with E-state index in [1.54, 1.807) is 45.4 Å². The molecule has 0 fully saturated rings. The number of fused-ring (bicyclic) bond motifs is 1. The van der Waals surface area contributed by atoms with Crippen LogP contribution in [0, 0.1) is 6.92 Å². The number of hydrogen-bond donors (Lipinski definition) is 0. The maximum Gasteiger partial charge on any atom is 0.338 e. The smallest absolute Gasteiger partial charge is 0.338 e. The highest BCUT2D eigenvalue weighted by Crippen LogP contribution is 2.32. The zero-order valence-electron chi connectivity index (χ0n) is 21.1. The standard InChI is InChI=1S/C27H24N4O5S2/c1-5-35-25(33)22-16(3)30-27-31(23(22)17-7-6-8-18(13-17)34-4)24(32)20(37-27)14-19-9-10-21(36-19)38-26-28-12-11-15(2)29-26/h6-14,23H,5H2,1-4H3/b20-14+/t23-/m1/s1. The normalized spacial score (nSPS) is 15.3. The molecule has 0 amide bonds. The van der Waals surface area contributed by atoms with E-state index in [-0.39, 0.29) is 12.2 Å². The number of aryl methyl sites for hydroxylation is 1. The van der Waals surface area contributed by atoms with Gasteiger partial charge in [-0.3, -0.25) is 9.36 Å². The van der Waals surface area contributed by atoms with Gasteiger partial charge in [-0.25, -0.2) is 19.8 Å². The number of ether oxygens (including phenoxy) is 2. The first-order chi connectivity index (χ1) is 18.4. The van der Waals surface area contributed by atoms with Gasteiger partial charge in [-0.1, -0.05) is 23.5 Å². The number of aromatic nitrogens is 3. The molecule has 9 nitrogen and oxygen atoms in total. The highest BCUT2D eigenvalue weighted by molar-refractivity contribution is 7.99. The van der Waals surface area contributed by atoms with Crippen molar-refractivity contribution in [1.82, 2.24) is 14.5 Å². The highest BCUT2D eigenvalue weighted by atomic mass is 32.2. The van der Waals surface area contributed by atoms with Crippen molar-refractivity contribution >= 4 is 35.1 Å². The highest BCUT2D eigenvalue weighted by Gasteiger charge is 2.33. The molecule has 5 rings (SSSR count). The molecule has 0 radical (unpaired) electrons. The Hall–Kier alpha value is -3.96. The molecule has 11 heteroatoms. The third-order valence-corrected chi connectivity index (χ3v) is 7.55. The van der Waals surface area contributed by atoms with Crippen molar-refractivity contribution < 1.29 is 18.7 Å². The van der Waals surface area contributed by atoms with Crippen molar-refractivity contribution in [1.29, 1.82) is 0 Å². The number of rotatable bonds is 7. The van der Waals surface area contributed by atoms with E-state index in [9.17, 15) is 9.59 Å². The Kier molecular flexibility index (Phi) is 7.30. The van der Waals surface area contributed by atoms with Crippen LogP contribution in [0.1, 0.15) is 36.9 Å². The molecule has 0 unspecified atom stereocenters. The summed E-state index contributed by atoms with van der Waals surface area (Å²) in [6.07, 6.45) is 3.37. The second kappa shape index (κ2) is 10.8. The molecule has 4 heterocycles. The Labute approximate surface area is 226 Å². The average molecular weight is 549 g/mol. The third-order valence-electron chi connectivity index (χ3n) is 5.77. The van der Waals surface area contributed by atoms with Gasteiger partial charge in [0.2, 0.25) is 0 Å². The second-order valence-corrected chi connectivity index (χ2v) is 10.3. The van der Waals surface area contributed by atoms with Crippen LogP contribution in [-0.2, 0) is 9.53 Å². The van der Waals surface area contributed by atoms with E-state index in [0.29, 0.717) is 47.9 Å². The second-order valence-electron chi connectivity index (χ2n) is 8.32. The maximum absolute atomic E-state index is 13.7. The average Bonchev–Trinajstić information content (AvgIpc) is 3.46. The van der Waals surface area contributed by atoms with Crippen molar-refractivity contribution in [2.75, 3.05) is 13.7 Å². The molecule has 1 aliphatic heterocycles. The van der Waals surface area contributed by atoms with Crippen LogP contribution in [0.15, 0.2) is 84.4 Å². The van der Waals surface area contributed by atoms with Crippen molar-refractivity contribution in [3.63, 3.8) is 0 Å². The van der Waals surface area contributed by atoms with Crippen molar-refractivity contribution in [2.24, 2.45) is 4.99 Å². The molecule has 3 aromatic heterocycles. The number of allylic oxidation sites excluding steroid dienone is 1. The monoisotopic (exact) mass is 548 g/mol. The molecule has 1 atom stereocenters. The summed E-state index contributed by atoms with van der Waals surface area (Å²) in [4.78, 5) is 40.5. The minimum atomic E-state index is -0.719.